The Morgan fingerprint density at radius 3 is 2.33 bits per heavy atom. The third-order valence-corrected chi connectivity index (χ3v) is 1.45. The van der Waals surface area contributed by atoms with Gasteiger partial charge in [0.05, 0.1) is 6.61 Å². The van der Waals surface area contributed by atoms with Gasteiger partial charge >= 0.3 is 5.97 Å². The summed E-state index contributed by atoms with van der Waals surface area (Å²) in [5.74, 6) is -0.640. The fraction of sp³-hybridized carbons (Fsp3) is 0.778. The number of ether oxygens (including phenoxy) is 1. The van der Waals surface area contributed by atoms with Gasteiger partial charge in [0.15, 0.2) is 0 Å². The lowest BCUT2D eigenvalue weighted by atomic mass is 10.1. The van der Waals surface area contributed by atoms with E-state index in [0.717, 1.165) is 12.8 Å². The second-order valence-electron chi connectivity index (χ2n) is 3.23. The van der Waals surface area contributed by atoms with Crippen molar-refractivity contribution < 1.29 is 14.3 Å². The summed E-state index contributed by atoms with van der Waals surface area (Å²) in [6.45, 7) is 5.78. The van der Waals surface area contributed by atoms with Crippen molar-refractivity contribution in [1.29, 1.82) is 0 Å². The van der Waals surface area contributed by atoms with Crippen molar-refractivity contribution in [3.63, 3.8) is 0 Å². The lowest BCUT2D eigenvalue weighted by Crippen LogP contribution is -2.14. The van der Waals surface area contributed by atoms with Gasteiger partial charge in [-0.3, -0.25) is 4.79 Å². The van der Waals surface area contributed by atoms with E-state index in [1.165, 1.54) is 6.92 Å². The Morgan fingerprint density at radius 2 is 1.92 bits per heavy atom. The highest BCUT2D eigenvalue weighted by Crippen LogP contribution is 2.02. The molecule has 3 nitrogen and oxygen atoms in total. The number of hydrogen-bond donors (Lipinski definition) is 0. The molecule has 0 saturated heterocycles. The van der Waals surface area contributed by atoms with Gasteiger partial charge in [0.2, 0.25) is 5.78 Å². The minimum absolute atomic E-state index is 0.358. The van der Waals surface area contributed by atoms with E-state index in [1.807, 2.05) is 0 Å². The number of ketones is 1. The van der Waals surface area contributed by atoms with E-state index in [-0.39, 0.29) is 0 Å². The predicted octanol–water partition coefficient (Wildman–Crippen LogP) is 1.55. The van der Waals surface area contributed by atoms with Crippen LogP contribution in [0.3, 0.4) is 0 Å². The summed E-state index contributed by atoms with van der Waals surface area (Å²) in [5, 5.41) is 0. The van der Waals surface area contributed by atoms with Crippen LogP contribution in [0.25, 0.3) is 0 Å². The zero-order valence-corrected chi connectivity index (χ0v) is 7.92. The quantitative estimate of drug-likeness (QED) is 0.359. The van der Waals surface area contributed by atoms with Gasteiger partial charge in [-0.15, -0.1) is 0 Å². The smallest absolute Gasteiger partial charge is 0.374 e. The SMILES string of the molecule is CC(=O)C(=O)OCCCC(C)C. The first-order chi connectivity index (χ1) is 5.54. The highest BCUT2D eigenvalue weighted by molar-refractivity contribution is 6.32. The predicted molar refractivity (Wildman–Crippen MR) is 45.7 cm³/mol. The molecule has 0 unspecified atom stereocenters. The molecule has 0 atom stereocenters. The van der Waals surface area contributed by atoms with Gasteiger partial charge in [0.25, 0.3) is 0 Å². The highest BCUT2D eigenvalue weighted by Gasteiger charge is 2.07. The van der Waals surface area contributed by atoms with E-state index in [4.69, 9.17) is 0 Å². The van der Waals surface area contributed by atoms with Crippen LogP contribution in [-0.4, -0.2) is 18.4 Å². The molecule has 0 bridgehead atoms. The maximum absolute atomic E-state index is 10.6. The Morgan fingerprint density at radius 1 is 1.33 bits per heavy atom. The molecule has 0 rings (SSSR count). The van der Waals surface area contributed by atoms with E-state index in [1.54, 1.807) is 0 Å². The molecule has 0 amide bonds. The zero-order valence-electron chi connectivity index (χ0n) is 7.92. The fourth-order valence-electron chi connectivity index (χ4n) is 0.758. The van der Waals surface area contributed by atoms with Crippen LogP contribution < -0.4 is 0 Å². The Balaban J connectivity index is 3.32. The maximum atomic E-state index is 10.6. The van der Waals surface area contributed by atoms with Crippen LogP contribution >= 0.6 is 0 Å². The van der Waals surface area contributed by atoms with E-state index < -0.39 is 11.8 Å². The largest absolute Gasteiger partial charge is 0.460 e. The van der Waals surface area contributed by atoms with Crippen LogP contribution in [0, 0.1) is 5.92 Å². The van der Waals surface area contributed by atoms with Crippen molar-refractivity contribution in [2.75, 3.05) is 6.61 Å². The average Bonchev–Trinajstić information content (AvgIpc) is 1.97. The molecule has 0 aromatic rings. The molecular formula is C9H16O3. The van der Waals surface area contributed by atoms with E-state index >= 15 is 0 Å². The molecule has 0 fully saturated rings. The van der Waals surface area contributed by atoms with Crippen LogP contribution in [0.2, 0.25) is 0 Å². The number of carbonyl (C=O) groups excluding carboxylic acids is 2. The summed E-state index contributed by atoms with van der Waals surface area (Å²) in [7, 11) is 0. The van der Waals surface area contributed by atoms with E-state index in [0.29, 0.717) is 12.5 Å². The first-order valence-electron chi connectivity index (χ1n) is 4.21. The van der Waals surface area contributed by atoms with Gasteiger partial charge in [-0.2, -0.15) is 0 Å². The molecule has 0 heterocycles. The topological polar surface area (TPSA) is 43.4 Å². The summed E-state index contributed by atoms with van der Waals surface area (Å²) >= 11 is 0. The highest BCUT2D eigenvalue weighted by atomic mass is 16.5. The number of Topliss-reactive ketones (excluding diaryl/α,β-unsaturated/α-hetero) is 1. The number of rotatable bonds is 5. The van der Waals surface area contributed by atoms with Crippen LogP contribution in [0.15, 0.2) is 0 Å². The van der Waals surface area contributed by atoms with Gasteiger partial charge in [0.1, 0.15) is 0 Å². The normalized spacial score (nSPS) is 10.0. The summed E-state index contributed by atoms with van der Waals surface area (Å²) in [4.78, 5) is 21.0. The third kappa shape index (κ3) is 5.89. The molecular weight excluding hydrogens is 156 g/mol. The number of hydrogen-bond acceptors (Lipinski definition) is 3. The molecule has 0 aliphatic carbocycles. The Bertz CT molecular complexity index is 161. The number of carbonyl (C=O) groups is 2. The van der Waals surface area contributed by atoms with Crippen LogP contribution in [0.1, 0.15) is 33.6 Å². The van der Waals surface area contributed by atoms with E-state index in [2.05, 4.69) is 18.6 Å². The van der Waals surface area contributed by atoms with Gasteiger partial charge in [-0.1, -0.05) is 13.8 Å². The van der Waals surface area contributed by atoms with Gasteiger partial charge in [-0.05, 0) is 18.8 Å². The molecule has 0 aromatic heterocycles. The molecule has 12 heavy (non-hydrogen) atoms. The average molecular weight is 172 g/mol. The Labute approximate surface area is 73.1 Å². The second-order valence-corrected chi connectivity index (χ2v) is 3.23. The molecule has 70 valence electrons. The van der Waals surface area contributed by atoms with Gasteiger partial charge in [-0.25, -0.2) is 4.79 Å². The summed E-state index contributed by atoms with van der Waals surface area (Å²) < 4.78 is 4.67. The zero-order chi connectivity index (χ0) is 9.56. The molecule has 0 N–H and O–H groups in total. The van der Waals surface area contributed by atoms with Crippen molar-refractivity contribution in [2.24, 2.45) is 5.92 Å². The van der Waals surface area contributed by atoms with Crippen LogP contribution in [0.5, 0.6) is 0 Å². The molecule has 0 aliphatic rings. The third-order valence-electron chi connectivity index (χ3n) is 1.45. The van der Waals surface area contributed by atoms with Crippen molar-refractivity contribution >= 4 is 11.8 Å². The minimum Gasteiger partial charge on any atom is -0.460 e. The van der Waals surface area contributed by atoms with Crippen molar-refractivity contribution in [3.8, 4) is 0 Å². The lowest BCUT2D eigenvalue weighted by Gasteiger charge is -2.04. The molecule has 0 saturated carbocycles. The monoisotopic (exact) mass is 172 g/mol. The Kier molecular flexibility index (Phi) is 5.34. The maximum Gasteiger partial charge on any atom is 0.374 e. The number of esters is 1. The standard InChI is InChI=1S/C9H16O3/c1-7(2)5-4-6-12-9(11)8(3)10/h7H,4-6H2,1-3H3. The lowest BCUT2D eigenvalue weighted by molar-refractivity contribution is -0.153. The molecule has 3 heteroatoms. The Hall–Kier alpha value is -0.860. The van der Waals surface area contributed by atoms with E-state index in [9.17, 15) is 9.59 Å². The van der Waals surface area contributed by atoms with Gasteiger partial charge < -0.3 is 4.74 Å². The van der Waals surface area contributed by atoms with Crippen LogP contribution in [-0.2, 0) is 14.3 Å². The first kappa shape index (κ1) is 11.1. The van der Waals surface area contributed by atoms with Crippen molar-refractivity contribution in [3.05, 3.63) is 0 Å². The molecule has 0 aliphatic heterocycles. The molecule has 0 radical (unpaired) electrons. The molecule has 0 spiro atoms. The summed E-state index contributed by atoms with van der Waals surface area (Å²) in [6, 6.07) is 0. The minimum atomic E-state index is -0.723. The second kappa shape index (κ2) is 5.75. The van der Waals surface area contributed by atoms with Crippen molar-refractivity contribution in [2.45, 2.75) is 33.6 Å². The fourth-order valence-corrected chi connectivity index (χ4v) is 0.758. The first-order valence-corrected chi connectivity index (χ1v) is 4.21. The summed E-state index contributed by atoms with van der Waals surface area (Å²) in [5.41, 5.74) is 0. The summed E-state index contributed by atoms with van der Waals surface area (Å²) in [6.07, 6.45) is 1.85. The van der Waals surface area contributed by atoms with Crippen molar-refractivity contribution in [1.82, 2.24) is 0 Å². The van der Waals surface area contributed by atoms with Crippen LogP contribution in [0.4, 0.5) is 0 Å². The molecule has 0 aromatic carbocycles. The van der Waals surface area contributed by atoms with Gasteiger partial charge in [0, 0.05) is 6.92 Å².